The van der Waals surface area contributed by atoms with Crippen LogP contribution in [0.5, 0.6) is 0 Å². The van der Waals surface area contributed by atoms with Gasteiger partial charge in [0.15, 0.2) is 0 Å². The fourth-order valence-electron chi connectivity index (χ4n) is 2.00. The molecule has 4 heteroatoms. The molecule has 15 heavy (non-hydrogen) atoms. The van der Waals surface area contributed by atoms with Crippen molar-refractivity contribution in [3.63, 3.8) is 0 Å². The fraction of sp³-hybridized carbons (Fsp3) is 1.00. The Morgan fingerprint density at radius 3 is 3.13 bits per heavy atom. The van der Waals surface area contributed by atoms with Gasteiger partial charge in [0.2, 0.25) is 0 Å². The topological polar surface area (TPSA) is 30.5 Å². The van der Waals surface area contributed by atoms with Crippen molar-refractivity contribution in [2.24, 2.45) is 5.92 Å². The second kappa shape index (κ2) is 6.74. The molecule has 2 unspecified atom stereocenters. The molecule has 0 bridgehead atoms. The van der Waals surface area contributed by atoms with E-state index in [0.29, 0.717) is 5.92 Å². The minimum Gasteiger partial charge on any atom is -0.381 e. The molecule has 0 aromatic heterocycles. The smallest absolute Gasteiger partial charge is 0.0591 e. The normalized spacial score (nSPS) is 31.2. The van der Waals surface area contributed by atoms with E-state index in [1.54, 1.807) is 0 Å². The molecule has 0 radical (unpaired) electrons. The minimum atomic E-state index is 0.645. The van der Waals surface area contributed by atoms with Crippen molar-refractivity contribution in [2.75, 3.05) is 44.5 Å². The van der Waals surface area contributed by atoms with Crippen LogP contribution in [0.2, 0.25) is 0 Å². The summed E-state index contributed by atoms with van der Waals surface area (Å²) in [5.41, 5.74) is 0. The van der Waals surface area contributed by atoms with Gasteiger partial charge in [0.1, 0.15) is 0 Å². The molecule has 0 aliphatic carbocycles. The van der Waals surface area contributed by atoms with E-state index in [9.17, 15) is 0 Å². The molecule has 2 rings (SSSR count). The highest BCUT2D eigenvalue weighted by Crippen LogP contribution is 2.16. The van der Waals surface area contributed by atoms with Crippen molar-refractivity contribution in [3.8, 4) is 0 Å². The highest BCUT2D eigenvalue weighted by molar-refractivity contribution is 7.99. The summed E-state index contributed by atoms with van der Waals surface area (Å²) in [6.45, 7) is 4.54. The highest BCUT2D eigenvalue weighted by atomic mass is 32.2. The molecule has 1 N–H and O–H groups in total. The molecule has 0 spiro atoms. The molecule has 0 aromatic carbocycles. The molecule has 2 aliphatic heterocycles. The molecular weight excluding hydrogens is 210 g/mol. The van der Waals surface area contributed by atoms with Crippen molar-refractivity contribution in [2.45, 2.75) is 18.9 Å². The average Bonchev–Trinajstić information content (AvgIpc) is 2.88. The Balaban J connectivity index is 1.41. The average molecular weight is 231 g/mol. The lowest BCUT2D eigenvalue weighted by Gasteiger charge is -2.12. The van der Waals surface area contributed by atoms with Crippen molar-refractivity contribution >= 4 is 11.8 Å². The van der Waals surface area contributed by atoms with E-state index >= 15 is 0 Å². The predicted molar refractivity (Wildman–Crippen MR) is 63.5 cm³/mol. The van der Waals surface area contributed by atoms with E-state index in [1.165, 1.54) is 24.3 Å². The molecule has 2 aliphatic rings. The van der Waals surface area contributed by atoms with E-state index < -0.39 is 0 Å². The number of ether oxygens (including phenoxy) is 2. The van der Waals surface area contributed by atoms with Crippen LogP contribution in [0.3, 0.4) is 0 Å². The van der Waals surface area contributed by atoms with Crippen LogP contribution >= 0.6 is 11.8 Å². The van der Waals surface area contributed by atoms with Gasteiger partial charge in [0, 0.05) is 30.9 Å². The zero-order valence-electron chi connectivity index (χ0n) is 9.24. The van der Waals surface area contributed by atoms with Crippen LogP contribution in [0.25, 0.3) is 0 Å². The van der Waals surface area contributed by atoms with Gasteiger partial charge in [0.25, 0.3) is 0 Å². The highest BCUT2D eigenvalue weighted by Gasteiger charge is 2.16. The van der Waals surface area contributed by atoms with Crippen LogP contribution in [-0.4, -0.2) is 50.5 Å². The fourth-order valence-corrected chi connectivity index (χ4v) is 3.18. The number of nitrogens with one attached hydrogen (secondary N) is 1. The second-order valence-electron chi connectivity index (χ2n) is 4.32. The summed E-state index contributed by atoms with van der Waals surface area (Å²) < 4.78 is 10.9. The van der Waals surface area contributed by atoms with Crippen LogP contribution in [0.4, 0.5) is 0 Å². The number of thioether (sulfide) groups is 1. The van der Waals surface area contributed by atoms with Crippen LogP contribution in [0, 0.1) is 5.92 Å². The monoisotopic (exact) mass is 231 g/mol. The Hall–Kier alpha value is 0.230. The van der Waals surface area contributed by atoms with E-state index in [0.717, 1.165) is 39.0 Å². The third-order valence-electron chi connectivity index (χ3n) is 2.99. The number of hydrogen-bond donors (Lipinski definition) is 1. The van der Waals surface area contributed by atoms with Gasteiger partial charge >= 0.3 is 0 Å². The Morgan fingerprint density at radius 1 is 1.40 bits per heavy atom. The summed E-state index contributed by atoms with van der Waals surface area (Å²) in [4.78, 5) is 0. The van der Waals surface area contributed by atoms with Gasteiger partial charge in [-0.3, -0.25) is 0 Å². The molecule has 0 aromatic rings. The predicted octanol–water partition coefficient (Wildman–Crippen LogP) is 1.13. The van der Waals surface area contributed by atoms with Gasteiger partial charge in [-0.2, -0.15) is 11.8 Å². The van der Waals surface area contributed by atoms with Crippen molar-refractivity contribution in [1.82, 2.24) is 5.32 Å². The summed E-state index contributed by atoms with van der Waals surface area (Å²) >= 11 is 2.05. The van der Waals surface area contributed by atoms with E-state index in [2.05, 4.69) is 5.32 Å². The molecule has 2 heterocycles. The molecular formula is C11H21NO2S. The van der Waals surface area contributed by atoms with Gasteiger partial charge < -0.3 is 14.8 Å². The molecule has 0 saturated carbocycles. The van der Waals surface area contributed by atoms with Gasteiger partial charge in [-0.05, 0) is 18.6 Å². The van der Waals surface area contributed by atoms with E-state index in [4.69, 9.17) is 9.47 Å². The molecule has 2 atom stereocenters. The zero-order valence-corrected chi connectivity index (χ0v) is 10.1. The maximum atomic E-state index is 5.63. The van der Waals surface area contributed by atoms with Gasteiger partial charge in [-0.1, -0.05) is 0 Å². The number of hydrogen-bond acceptors (Lipinski definition) is 4. The van der Waals surface area contributed by atoms with Gasteiger partial charge in [0.05, 0.1) is 19.8 Å². The Bertz CT molecular complexity index is 150. The second-order valence-corrected chi connectivity index (χ2v) is 5.47. The molecule has 0 amide bonds. The summed E-state index contributed by atoms with van der Waals surface area (Å²) in [5.74, 6) is 3.24. The van der Waals surface area contributed by atoms with Crippen LogP contribution < -0.4 is 5.32 Å². The molecule has 2 fully saturated rings. The van der Waals surface area contributed by atoms with Gasteiger partial charge in [-0.25, -0.2) is 0 Å². The maximum Gasteiger partial charge on any atom is 0.0591 e. The quantitative estimate of drug-likeness (QED) is 0.694. The first kappa shape index (κ1) is 11.7. The molecule has 2 saturated heterocycles. The first-order valence-electron chi connectivity index (χ1n) is 5.92. The van der Waals surface area contributed by atoms with Crippen molar-refractivity contribution in [3.05, 3.63) is 0 Å². The first-order valence-corrected chi connectivity index (χ1v) is 7.07. The van der Waals surface area contributed by atoms with E-state index in [-0.39, 0.29) is 0 Å². The van der Waals surface area contributed by atoms with Crippen molar-refractivity contribution in [1.29, 1.82) is 0 Å². The van der Waals surface area contributed by atoms with E-state index in [1.807, 2.05) is 11.8 Å². The third kappa shape index (κ3) is 4.31. The van der Waals surface area contributed by atoms with Crippen LogP contribution in [0.1, 0.15) is 12.8 Å². The minimum absolute atomic E-state index is 0.645. The van der Waals surface area contributed by atoms with Crippen LogP contribution in [-0.2, 0) is 9.47 Å². The number of rotatable bonds is 6. The first-order chi connectivity index (χ1) is 7.45. The SMILES string of the molecule is C(COCC1CCOC1)NC1CCSC1. The summed E-state index contributed by atoms with van der Waals surface area (Å²) in [7, 11) is 0. The Morgan fingerprint density at radius 2 is 2.40 bits per heavy atom. The molecule has 88 valence electrons. The lowest BCUT2D eigenvalue weighted by molar-refractivity contribution is 0.0904. The largest absolute Gasteiger partial charge is 0.381 e. The third-order valence-corrected chi connectivity index (χ3v) is 4.15. The lowest BCUT2D eigenvalue weighted by atomic mass is 10.1. The lowest BCUT2D eigenvalue weighted by Crippen LogP contribution is -2.32. The maximum absolute atomic E-state index is 5.63. The molecule has 3 nitrogen and oxygen atoms in total. The van der Waals surface area contributed by atoms with Crippen LogP contribution in [0.15, 0.2) is 0 Å². The summed E-state index contributed by atoms with van der Waals surface area (Å²) in [5, 5.41) is 3.53. The Labute approximate surface area is 96.3 Å². The zero-order chi connectivity index (χ0) is 10.3. The summed E-state index contributed by atoms with van der Waals surface area (Å²) in [6.07, 6.45) is 2.49. The van der Waals surface area contributed by atoms with Crippen molar-refractivity contribution < 1.29 is 9.47 Å². The standard InChI is InChI=1S/C11H21NO2S/c1-4-13-7-10(1)8-14-5-3-12-11-2-6-15-9-11/h10-12H,1-9H2. The van der Waals surface area contributed by atoms with Gasteiger partial charge in [-0.15, -0.1) is 0 Å². The Kier molecular flexibility index (Phi) is 5.26. The summed E-state index contributed by atoms with van der Waals surface area (Å²) in [6, 6.07) is 0.730.